The maximum Gasteiger partial charge on any atom is 0.261 e. The monoisotopic (exact) mass is 422 g/mol. The number of aryl methyl sites for hydroxylation is 2. The van der Waals surface area contributed by atoms with E-state index in [1.54, 1.807) is 11.8 Å². The summed E-state index contributed by atoms with van der Waals surface area (Å²) in [5, 5.41) is 3.16. The first-order valence-corrected chi connectivity index (χ1v) is 11.3. The van der Waals surface area contributed by atoms with Crippen LogP contribution in [-0.2, 0) is 16.1 Å². The third kappa shape index (κ3) is 6.58. The van der Waals surface area contributed by atoms with Gasteiger partial charge in [-0.2, -0.15) is 0 Å². The molecule has 166 valence electrons. The van der Waals surface area contributed by atoms with Crippen molar-refractivity contribution < 1.29 is 14.3 Å². The number of benzene rings is 2. The zero-order chi connectivity index (χ0) is 22.2. The maximum absolute atomic E-state index is 13.2. The molecule has 3 rings (SSSR count). The van der Waals surface area contributed by atoms with Crippen molar-refractivity contribution in [2.45, 2.75) is 71.5 Å². The third-order valence-electron chi connectivity index (χ3n) is 6.00. The van der Waals surface area contributed by atoms with Gasteiger partial charge in [0.15, 0.2) is 6.61 Å². The molecule has 1 aliphatic rings. The smallest absolute Gasteiger partial charge is 0.261 e. The van der Waals surface area contributed by atoms with Crippen LogP contribution in [0.1, 0.15) is 55.7 Å². The van der Waals surface area contributed by atoms with E-state index in [0.717, 1.165) is 42.4 Å². The summed E-state index contributed by atoms with van der Waals surface area (Å²) < 4.78 is 5.80. The number of nitrogens with zero attached hydrogens (tertiary/aromatic N) is 1. The molecular weight excluding hydrogens is 388 g/mol. The maximum atomic E-state index is 13.2. The van der Waals surface area contributed by atoms with Gasteiger partial charge in [-0.05, 0) is 50.8 Å². The number of amides is 2. The van der Waals surface area contributed by atoms with Gasteiger partial charge in [0, 0.05) is 12.6 Å². The molecule has 0 heterocycles. The zero-order valence-electron chi connectivity index (χ0n) is 18.9. The molecular formula is C26H34N2O3. The van der Waals surface area contributed by atoms with Crippen molar-refractivity contribution in [3.63, 3.8) is 0 Å². The van der Waals surface area contributed by atoms with Gasteiger partial charge in [-0.15, -0.1) is 0 Å². The first kappa shape index (κ1) is 22.9. The van der Waals surface area contributed by atoms with Crippen molar-refractivity contribution >= 4 is 11.8 Å². The van der Waals surface area contributed by atoms with Crippen LogP contribution in [0.4, 0.5) is 0 Å². The Morgan fingerprint density at radius 2 is 1.81 bits per heavy atom. The highest BCUT2D eigenvalue weighted by molar-refractivity contribution is 5.88. The van der Waals surface area contributed by atoms with Gasteiger partial charge in [-0.3, -0.25) is 9.59 Å². The number of nitrogens with one attached hydrogen (secondary N) is 1. The van der Waals surface area contributed by atoms with E-state index >= 15 is 0 Å². The van der Waals surface area contributed by atoms with Crippen LogP contribution in [0.15, 0.2) is 48.5 Å². The number of hydrogen-bond donors (Lipinski definition) is 1. The zero-order valence-corrected chi connectivity index (χ0v) is 18.9. The molecule has 5 nitrogen and oxygen atoms in total. The number of para-hydroxylation sites is 1. The van der Waals surface area contributed by atoms with Gasteiger partial charge in [0.05, 0.1) is 0 Å². The fourth-order valence-electron chi connectivity index (χ4n) is 4.10. The van der Waals surface area contributed by atoms with E-state index in [9.17, 15) is 9.59 Å². The molecule has 1 aliphatic carbocycles. The molecule has 1 unspecified atom stereocenters. The third-order valence-corrected chi connectivity index (χ3v) is 6.00. The lowest BCUT2D eigenvalue weighted by atomic mass is 9.95. The number of hydrogen-bond acceptors (Lipinski definition) is 3. The van der Waals surface area contributed by atoms with Crippen molar-refractivity contribution in [1.82, 2.24) is 10.2 Å². The molecule has 5 heteroatoms. The molecule has 31 heavy (non-hydrogen) atoms. The van der Waals surface area contributed by atoms with E-state index in [-0.39, 0.29) is 24.5 Å². The molecule has 1 fully saturated rings. The van der Waals surface area contributed by atoms with E-state index in [1.165, 1.54) is 6.42 Å². The lowest BCUT2D eigenvalue weighted by Crippen LogP contribution is -2.51. The quantitative estimate of drug-likeness (QED) is 0.679. The average molecular weight is 423 g/mol. The Labute approximate surface area is 185 Å². The number of carbonyl (C=O) groups is 2. The van der Waals surface area contributed by atoms with Crippen molar-refractivity contribution in [2.24, 2.45) is 0 Å². The summed E-state index contributed by atoms with van der Waals surface area (Å²) in [6, 6.07) is 15.3. The van der Waals surface area contributed by atoms with Gasteiger partial charge in [0.2, 0.25) is 5.91 Å². The molecule has 0 aliphatic heterocycles. The van der Waals surface area contributed by atoms with Crippen molar-refractivity contribution in [2.75, 3.05) is 6.61 Å². The summed E-state index contributed by atoms with van der Waals surface area (Å²) in [6.07, 6.45) is 5.56. The fraction of sp³-hybridized carbons (Fsp3) is 0.462. The SMILES string of the molecule is Cc1cccc(CN(C(=O)COc2ccccc2C)C(C)C(=O)NC2CCCCC2)c1. The Balaban J connectivity index is 1.71. The highest BCUT2D eigenvalue weighted by Crippen LogP contribution is 2.19. The molecule has 0 spiro atoms. The Morgan fingerprint density at radius 3 is 2.52 bits per heavy atom. The van der Waals surface area contributed by atoms with Crippen LogP contribution in [0, 0.1) is 13.8 Å². The van der Waals surface area contributed by atoms with Crippen LogP contribution < -0.4 is 10.1 Å². The Bertz CT molecular complexity index is 890. The summed E-state index contributed by atoms with van der Waals surface area (Å²) in [7, 11) is 0. The van der Waals surface area contributed by atoms with Crippen LogP contribution >= 0.6 is 0 Å². The fourth-order valence-corrected chi connectivity index (χ4v) is 4.10. The normalized spacial score (nSPS) is 15.2. The highest BCUT2D eigenvalue weighted by Gasteiger charge is 2.28. The van der Waals surface area contributed by atoms with Gasteiger partial charge in [-0.1, -0.05) is 67.3 Å². The number of rotatable bonds is 8. The van der Waals surface area contributed by atoms with Crippen molar-refractivity contribution in [3.8, 4) is 5.75 Å². The lowest BCUT2D eigenvalue weighted by molar-refractivity contribution is -0.142. The standard InChI is InChI=1S/C26H34N2O3/c1-19-10-9-12-22(16-19)17-28(21(3)26(30)27-23-13-5-4-6-14-23)25(29)18-31-24-15-8-7-11-20(24)2/h7-12,15-16,21,23H,4-6,13-14,17-18H2,1-3H3,(H,27,30). The van der Waals surface area contributed by atoms with E-state index in [4.69, 9.17) is 4.74 Å². The second-order valence-corrected chi connectivity index (χ2v) is 8.58. The molecule has 2 aromatic rings. The minimum Gasteiger partial charge on any atom is -0.484 e. The van der Waals surface area contributed by atoms with Gasteiger partial charge in [-0.25, -0.2) is 0 Å². The van der Waals surface area contributed by atoms with E-state index in [2.05, 4.69) is 5.32 Å². The highest BCUT2D eigenvalue weighted by atomic mass is 16.5. The van der Waals surface area contributed by atoms with Gasteiger partial charge < -0.3 is 15.0 Å². The summed E-state index contributed by atoms with van der Waals surface area (Å²) in [5.74, 6) is 0.394. The minimum absolute atomic E-state index is 0.0937. The molecule has 1 saturated carbocycles. The Morgan fingerprint density at radius 1 is 1.06 bits per heavy atom. The molecule has 0 radical (unpaired) electrons. The predicted molar refractivity (Wildman–Crippen MR) is 123 cm³/mol. The molecule has 2 aromatic carbocycles. The van der Waals surface area contributed by atoms with Crippen LogP contribution in [0.5, 0.6) is 5.75 Å². The van der Waals surface area contributed by atoms with E-state index in [0.29, 0.717) is 12.3 Å². The van der Waals surface area contributed by atoms with Gasteiger partial charge in [0.25, 0.3) is 5.91 Å². The summed E-state index contributed by atoms with van der Waals surface area (Å²) >= 11 is 0. The number of carbonyl (C=O) groups excluding carboxylic acids is 2. The van der Waals surface area contributed by atoms with Crippen LogP contribution in [0.3, 0.4) is 0 Å². The molecule has 0 saturated heterocycles. The Kier molecular flexibility index (Phi) is 8.10. The first-order valence-electron chi connectivity index (χ1n) is 11.3. The van der Waals surface area contributed by atoms with Gasteiger partial charge in [0.1, 0.15) is 11.8 Å². The lowest BCUT2D eigenvalue weighted by Gasteiger charge is -2.31. The van der Waals surface area contributed by atoms with Gasteiger partial charge >= 0.3 is 0 Å². The first-order chi connectivity index (χ1) is 14.9. The van der Waals surface area contributed by atoms with E-state index in [1.807, 2.05) is 62.4 Å². The van der Waals surface area contributed by atoms with Crippen molar-refractivity contribution in [1.29, 1.82) is 0 Å². The molecule has 1 N–H and O–H groups in total. The van der Waals surface area contributed by atoms with Crippen molar-refractivity contribution in [3.05, 3.63) is 65.2 Å². The second kappa shape index (κ2) is 11.0. The van der Waals surface area contributed by atoms with E-state index < -0.39 is 6.04 Å². The van der Waals surface area contributed by atoms with Crippen LogP contribution in [-0.4, -0.2) is 35.4 Å². The summed E-state index contributed by atoms with van der Waals surface area (Å²) in [6.45, 7) is 6.05. The van der Waals surface area contributed by atoms with Crippen LogP contribution in [0.2, 0.25) is 0 Å². The molecule has 0 aromatic heterocycles. The largest absolute Gasteiger partial charge is 0.484 e. The topological polar surface area (TPSA) is 58.6 Å². The molecule has 1 atom stereocenters. The molecule has 0 bridgehead atoms. The molecule has 2 amide bonds. The second-order valence-electron chi connectivity index (χ2n) is 8.58. The summed E-state index contributed by atoms with van der Waals surface area (Å²) in [5.41, 5.74) is 3.10. The average Bonchev–Trinajstić information content (AvgIpc) is 2.77. The minimum atomic E-state index is -0.574. The number of ether oxygens (including phenoxy) is 1. The predicted octanol–water partition coefficient (Wildman–Crippen LogP) is 4.55. The summed E-state index contributed by atoms with van der Waals surface area (Å²) in [4.78, 5) is 27.8. The Hall–Kier alpha value is -2.82. The van der Waals surface area contributed by atoms with Crippen LogP contribution in [0.25, 0.3) is 0 Å².